The maximum atomic E-state index is 12.5. The maximum absolute atomic E-state index is 12.5. The zero-order valence-corrected chi connectivity index (χ0v) is 10.2. The van der Waals surface area contributed by atoms with Gasteiger partial charge in [0.25, 0.3) is 5.91 Å². The van der Waals surface area contributed by atoms with Crippen molar-refractivity contribution >= 4 is 5.91 Å². The summed E-state index contributed by atoms with van der Waals surface area (Å²) in [6.07, 6.45) is 9.86. The minimum atomic E-state index is 0.0440. The summed E-state index contributed by atoms with van der Waals surface area (Å²) in [6, 6.07) is 2.49. The predicted molar refractivity (Wildman–Crippen MR) is 65.2 cm³/mol. The molecule has 4 rings (SSSR count). The largest absolute Gasteiger partial charge is 0.360 e. The second-order valence-corrected chi connectivity index (χ2v) is 5.56. The van der Waals surface area contributed by atoms with Crippen LogP contribution in [0.3, 0.4) is 0 Å². The molecule has 4 heteroatoms. The molecule has 0 N–H and O–H groups in total. The van der Waals surface area contributed by atoms with Gasteiger partial charge in [-0.1, -0.05) is 17.3 Å². The van der Waals surface area contributed by atoms with Crippen LogP contribution in [0.4, 0.5) is 0 Å². The first-order valence-corrected chi connectivity index (χ1v) is 6.79. The molecule has 1 aromatic rings. The summed E-state index contributed by atoms with van der Waals surface area (Å²) in [5.74, 6) is 1.44. The average Bonchev–Trinajstić information content (AvgIpc) is 3.07. The lowest BCUT2D eigenvalue weighted by Crippen LogP contribution is -2.42. The van der Waals surface area contributed by atoms with Gasteiger partial charge in [-0.25, -0.2) is 0 Å². The summed E-state index contributed by atoms with van der Waals surface area (Å²) in [7, 11) is 0. The monoisotopic (exact) mass is 244 g/mol. The lowest BCUT2D eigenvalue weighted by atomic mass is 10.1. The van der Waals surface area contributed by atoms with E-state index in [1.807, 2.05) is 11.0 Å². The molecule has 1 aliphatic carbocycles. The van der Waals surface area contributed by atoms with Gasteiger partial charge in [0.05, 0.1) is 6.04 Å². The highest BCUT2D eigenvalue weighted by molar-refractivity contribution is 5.93. The molecular formula is C14H16N2O2. The van der Waals surface area contributed by atoms with E-state index in [1.165, 1.54) is 12.8 Å². The van der Waals surface area contributed by atoms with Crippen molar-refractivity contribution < 1.29 is 9.32 Å². The number of carbonyl (C=O) groups excluding carboxylic acids is 1. The molecule has 18 heavy (non-hydrogen) atoms. The molecule has 94 valence electrons. The Kier molecular flexibility index (Phi) is 2.13. The molecule has 0 spiro atoms. The van der Waals surface area contributed by atoms with Crippen molar-refractivity contribution in [3.8, 4) is 0 Å². The van der Waals surface area contributed by atoms with Crippen LogP contribution in [-0.4, -0.2) is 28.0 Å². The Labute approximate surface area is 106 Å². The summed E-state index contributed by atoms with van der Waals surface area (Å²) in [5, 5.41) is 3.96. The number of amides is 1. The molecule has 3 heterocycles. The lowest BCUT2D eigenvalue weighted by molar-refractivity contribution is 0.0678. The quantitative estimate of drug-likeness (QED) is 0.751. The first-order chi connectivity index (χ1) is 8.83. The summed E-state index contributed by atoms with van der Waals surface area (Å²) in [5.41, 5.74) is 0.490. The zero-order valence-electron chi connectivity index (χ0n) is 10.2. The topological polar surface area (TPSA) is 46.3 Å². The molecule has 2 aliphatic heterocycles. The molecule has 2 unspecified atom stereocenters. The molecule has 1 saturated heterocycles. The lowest BCUT2D eigenvalue weighted by Gasteiger charge is -2.30. The normalized spacial score (nSPS) is 29.9. The van der Waals surface area contributed by atoms with Crippen molar-refractivity contribution in [3.63, 3.8) is 0 Å². The van der Waals surface area contributed by atoms with Gasteiger partial charge in [-0.15, -0.1) is 0 Å². The van der Waals surface area contributed by atoms with Gasteiger partial charge < -0.3 is 9.42 Å². The molecule has 2 fully saturated rings. The van der Waals surface area contributed by atoms with Crippen LogP contribution in [-0.2, 0) is 0 Å². The van der Waals surface area contributed by atoms with Crippen LogP contribution in [0.5, 0.6) is 0 Å². The van der Waals surface area contributed by atoms with Crippen molar-refractivity contribution in [3.05, 3.63) is 29.7 Å². The van der Waals surface area contributed by atoms with Gasteiger partial charge in [0.1, 0.15) is 5.76 Å². The number of fused-ring (bicyclic) bond motifs is 2. The van der Waals surface area contributed by atoms with E-state index in [0.717, 1.165) is 25.0 Å². The van der Waals surface area contributed by atoms with Gasteiger partial charge in [0.15, 0.2) is 5.69 Å². The van der Waals surface area contributed by atoms with Gasteiger partial charge in [0, 0.05) is 18.0 Å². The van der Waals surface area contributed by atoms with E-state index < -0.39 is 0 Å². The highest BCUT2D eigenvalue weighted by Gasteiger charge is 2.39. The van der Waals surface area contributed by atoms with Gasteiger partial charge in [0.2, 0.25) is 0 Å². The van der Waals surface area contributed by atoms with E-state index in [4.69, 9.17) is 4.52 Å². The highest BCUT2D eigenvalue weighted by Crippen LogP contribution is 2.40. The molecule has 1 aromatic heterocycles. The van der Waals surface area contributed by atoms with Crippen LogP contribution >= 0.6 is 0 Å². The molecule has 2 bridgehead atoms. The molecule has 0 aromatic carbocycles. The minimum Gasteiger partial charge on any atom is -0.360 e. The highest BCUT2D eigenvalue weighted by atomic mass is 16.5. The number of nitrogens with zero attached hydrogens (tertiary/aromatic N) is 2. The number of hydrogen-bond donors (Lipinski definition) is 0. The van der Waals surface area contributed by atoms with Crippen molar-refractivity contribution in [1.82, 2.24) is 10.1 Å². The fraction of sp³-hybridized carbons (Fsp3) is 0.571. The zero-order chi connectivity index (χ0) is 12.1. The van der Waals surface area contributed by atoms with Gasteiger partial charge in [-0.3, -0.25) is 4.79 Å². The fourth-order valence-corrected chi connectivity index (χ4v) is 3.12. The van der Waals surface area contributed by atoms with Crippen molar-refractivity contribution in [1.29, 1.82) is 0 Å². The molecule has 3 aliphatic rings. The van der Waals surface area contributed by atoms with E-state index in [-0.39, 0.29) is 11.9 Å². The Bertz CT molecular complexity index is 516. The van der Waals surface area contributed by atoms with Crippen molar-refractivity contribution in [2.45, 2.75) is 50.1 Å². The Balaban J connectivity index is 1.60. The average molecular weight is 244 g/mol. The fourth-order valence-electron chi connectivity index (χ4n) is 3.12. The van der Waals surface area contributed by atoms with Crippen LogP contribution in [0.25, 0.3) is 0 Å². The van der Waals surface area contributed by atoms with Crippen molar-refractivity contribution in [2.75, 3.05) is 0 Å². The Hall–Kier alpha value is -1.58. The van der Waals surface area contributed by atoms with E-state index >= 15 is 0 Å². The van der Waals surface area contributed by atoms with Crippen LogP contribution in [0.15, 0.2) is 22.7 Å². The SMILES string of the molecule is O=C(c1cc(C2CC2)on1)N1C2C=CCC1CC2. The van der Waals surface area contributed by atoms with Crippen LogP contribution in [0.1, 0.15) is 54.3 Å². The Morgan fingerprint density at radius 3 is 3.00 bits per heavy atom. The Morgan fingerprint density at radius 2 is 2.22 bits per heavy atom. The molecule has 2 atom stereocenters. The van der Waals surface area contributed by atoms with Gasteiger partial charge >= 0.3 is 0 Å². The summed E-state index contributed by atoms with van der Waals surface area (Å²) in [4.78, 5) is 14.5. The second kappa shape index (κ2) is 3.70. The first-order valence-electron chi connectivity index (χ1n) is 6.79. The minimum absolute atomic E-state index is 0.0440. The van der Waals surface area contributed by atoms with E-state index in [9.17, 15) is 4.79 Å². The van der Waals surface area contributed by atoms with Crippen LogP contribution < -0.4 is 0 Å². The third-order valence-corrected chi connectivity index (χ3v) is 4.27. The summed E-state index contributed by atoms with van der Waals surface area (Å²) < 4.78 is 5.28. The summed E-state index contributed by atoms with van der Waals surface area (Å²) >= 11 is 0. The molecule has 1 amide bonds. The third-order valence-electron chi connectivity index (χ3n) is 4.27. The number of rotatable bonds is 2. The third kappa shape index (κ3) is 1.51. The van der Waals surface area contributed by atoms with Crippen LogP contribution in [0, 0.1) is 0 Å². The predicted octanol–water partition coefficient (Wildman–Crippen LogP) is 2.49. The first kappa shape index (κ1) is 10.4. The maximum Gasteiger partial charge on any atom is 0.276 e. The van der Waals surface area contributed by atoms with Gasteiger partial charge in [-0.2, -0.15) is 0 Å². The number of hydrogen-bond acceptors (Lipinski definition) is 3. The second-order valence-electron chi connectivity index (χ2n) is 5.56. The Morgan fingerprint density at radius 1 is 1.33 bits per heavy atom. The number of carbonyl (C=O) groups is 1. The standard InChI is InChI=1S/C14H16N2O2/c17-14(12-8-13(18-15-12)9-4-5-9)16-10-2-1-3-11(16)7-6-10/h1-2,8-11H,3-7H2. The van der Waals surface area contributed by atoms with Crippen LogP contribution in [0.2, 0.25) is 0 Å². The molecule has 4 nitrogen and oxygen atoms in total. The molecular weight excluding hydrogens is 228 g/mol. The van der Waals surface area contributed by atoms with E-state index in [2.05, 4.69) is 17.3 Å². The molecule has 0 radical (unpaired) electrons. The smallest absolute Gasteiger partial charge is 0.276 e. The molecule has 1 saturated carbocycles. The number of aromatic nitrogens is 1. The van der Waals surface area contributed by atoms with Gasteiger partial charge in [-0.05, 0) is 32.1 Å². The van der Waals surface area contributed by atoms with Crippen molar-refractivity contribution in [2.24, 2.45) is 0 Å². The summed E-state index contributed by atoms with van der Waals surface area (Å²) in [6.45, 7) is 0. The van der Waals surface area contributed by atoms with E-state index in [1.54, 1.807) is 0 Å². The van der Waals surface area contributed by atoms with E-state index in [0.29, 0.717) is 17.7 Å².